The van der Waals surface area contributed by atoms with Gasteiger partial charge in [0.05, 0.1) is 13.7 Å². The molecule has 0 bridgehead atoms. The highest BCUT2D eigenvalue weighted by atomic mass is 19.1. The van der Waals surface area contributed by atoms with Crippen molar-refractivity contribution in [3.8, 4) is 0 Å². The molecule has 1 aromatic carbocycles. The molecular formula is C12H14FNO2. The van der Waals surface area contributed by atoms with Gasteiger partial charge in [0.15, 0.2) is 0 Å². The molecule has 4 heteroatoms. The highest BCUT2D eigenvalue weighted by molar-refractivity contribution is 5.68. The number of fused-ring (bicyclic) bond motifs is 1. The third-order valence-corrected chi connectivity index (χ3v) is 2.36. The first kappa shape index (κ1) is 12.2. The van der Waals surface area contributed by atoms with Gasteiger partial charge < -0.3 is 4.74 Å². The van der Waals surface area contributed by atoms with Gasteiger partial charge in [-0.05, 0) is 11.6 Å². The number of amides is 1. The van der Waals surface area contributed by atoms with E-state index in [0.717, 1.165) is 5.56 Å². The fourth-order valence-corrected chi connectivity index (χ4v) is 1.64. The number of carbonyl (C=O) groups is 1. The second kappa shape index (κ2) is 5.30. The van der Waals surface area contributed by atoms with Crippen molar-refractivity contribution in [1.82, 2.24) is 4.90 Å². The molecule has 1 heterocycles. The van der Waals surface area contributed by atoms with E-state index in [4.69, 9.17) is 0 Å². The van der Waals surface area contributed by atoms with Gasteiger partial charge in [0.1, 0.15) is 5.82 Å². The Bertz CT molecular complexity index is 393. The topological polar surface area (TPSA) is 29.5 Å². The molecular weight excluding hydrogens is 209 g/mol. The molecule has 0 radical (unpaired) electrons. The average molecular weight is 223 g/mol. The van der Waals surface area contributed by atoms with Crippen LogP contribution in [0.15, 0.2) is 31.4 Å². The van der Waals surface area contributed by atoms with E-state index in [1.54, 1.807) is 6.07 Å². The summed E-state index contributed by atoms with van der Waals surface area (Å²) in [5.41, 5.74) is 1.45. The summed E-state index contributed by atoms with van der Waals surface area (Å²) < 4.78 is 17.8. The van der Waals surface area contributed by atoms with Gasteiger partial charge in [-0.2, -0.15) is 0 Å². The Balaban J connectivity index is 0.000000606. The number of halogens is 1. The molecule has 0 saturated carbocycles. The lowest BCUT2D eigenvalue weighted by Gasteiger charge is -2.12. The SMILES string of the molecule is C=C.COC(=O)N1Cc2cccc(F)c2C1. The number of nitrogens with zero attached hydrogens (tertiary/aromatic N) is 1. The molecule has 3 nitrogen and oxygen atoms in total. The molecule has 0 saturated heterocycles. The molecule has 2 rings (SSSR count). The maximum absolute atomic E-state index is 13.3. The average Bonchev–Trinajstić information content (AvgIpc) is 2.76. The van der Waals surface area contributed by atoms with Gasteiger partial charge in [0, 0.05) is 12.1 Å². The van der Waals surface area contributed by atoms with E-state index in [-0.39, 0.29) is 5.82 Å². The molecule has 1 aliphatic heterocycles. The van der Waals surface area contributed by atoms with E-state index in [2.05, 4.69) is 17.9 Å². The quantitative estimate of drug-likeness (QED) is 0.633. The van der Waals surface area contributed by atoms with Crippen molar-refractivity contribution >= 4 is 6.09 Å². The van der Waals surface area contributed by atoms with E-state index < -0.39 is 6.09 Å². The van der Waals surface area contributed by atoms with Crippen LogP contribution in [0, 0.1) is 5.82 Å². The van der Waals surface area contributed by atoms with Crippen molar-refractivity contribution in [3.63, 3.8) is 0 Å². The standard InChI is InChI=1S/C10H10FNO2.C2H4/c1-14-10(13)12-5-7-3-2-4-9(11)8(7)6-12;1-2/h2-4H,5-6H2,1H3;1-2H2. The zero-order valence-corrected chi connectivity index (χ0v) is 9.20. The van der Waals surface area contributed by atoms with E-state index in [1.807, 2.05) is 6.07 Å². The molecule has 0 aliphatic carbocycles. The van der Waals surface area contributed by atoms with Crippen LogP contribution in [-0.4, -0.2) is 18.1 Å². The summed E-state index contributed by atoms with van der Waals surface area (Å²) in [7, 11) is 1.32. The Morgan fingerprint density at radius 1 is 1.44 bits per heavy atom. The highest BCUT2D eigenvalue weighted by Crippen LogP contribution is 2.25. The van der Waals surface area contributed by atoms with Crippen LogP contribution in [0.4, 0.5) is 9.18 Å². The van der Waals surface area contributed by atoms with Crippen molar-refractivity contribution in [2.24, 2.45) is 0 Å². The summed E-state index contributed by atoms with van der Waals surface area (Å²) in [6.07, 6.45) is -0.416. The van der Waals surface area contributed by atoms with Gasteiger partial charge in [0.25, 0.3) is 0 Å². The van der Waals surface area contributed by atoms with Crippen molar-refractivity contribution in [1.29, 1.82) is 0 Å². The molecule has 0 fully saturated rings. The number of methoxy groups -OCH3 is 1. The molecule has 16 heavy (non-hydrogen) atoms. The minimum Gasteiger partial charge on any atom is -0.453 e. The van der Waals surface area contributed by atoms with E-state index >= 15 is 0 Å². The molecule has 0 N–H and O–H groups in total. The van der Waals surface area contributed by atoms with Gasteiger partial charge in [-0.3, -0.25) is 4.90 Å². The summed E-state index contributed by atoms with van der Waals surface area (Å²) in [4.78, 5) is 12.6. The van der Waals surface area contributed by atoms with Gasteiger partial charge in [-0.25, -0.2) is 9.18 Å². The molecule has 0 aromatic heterocycles. The molecule has 1 aromatic rings. The second-order valence-corrected chi connectivity index (χ2v) is 3.20. The maximum Gasteiger partial charge on any atom is 0.410 e. The lowest BCUT2D eigenvalue weighted by Crippen LogP contribution is -2.24. The monoisotopic (exact) mass is 223 g/mol. The predicted octanol–water partition coefficient (Wildman–Crippen LogP) is 2.71. The van der Waals surface area contributed by atoms with Gasteiger partial charge >= 0.3 is 6.09 Å². The van der Waals surface area contributed by atoms with Crippen LogP contribution in [-0.2, 0) is 17.8 Å². The van der Waals surface area contributed by atoms with Crippen molar-refractivity contribution < 1.29 is 13.9 Å². The van der Waals surface area contributed by atoms with Crippen molar-refractivity contribution in [3.05, 3.63) is 48.3 Å². The van der Waals surface area contributed by atoms with Crippen molar-refractivity contribution in [2.45, 2.75) is 13.1 Å². The summed E-state index contributed by atoms with van der Waals surface area (Å²) in [5, 5.41) is 0. The molecule has 0 spiro atoms. The smallest absolute Gasteiger partial charge is 0.410 e. The first-order valence-corrected chi connectivity index (χ1v) is 4.81. The number of ether oxygens (including phenoxy) is 1. The van der Waals surface area contributed by atoms with Crippen molar-refractivity contribution in [2.75, 3.05) is 7.11 Å². The normalized spacial score (nSPS) is 12.5. The summed E-state index contributed by atoms with van der Waals surface area (Å²) in [5.74, 6) is -0.256. The molecule has 0 atom stereocenters. The van der Waals surface area contributed by atoms with E-state index in [0.29, 0.717) is 18.7 Å². The zero-order valence-electron chi connectivity index (χ0n) is 9.20. The van der Waals surface area contributed by atoms with Gasteiger partial charge in [-0.15, -0.1) is 13.2 Å². The molecule has 0 unspecified atom stereocenters. The minimum atomic E-state index is -0.416. The fourth-order valence-electron chi connectivity index (χ4n) is 1.64. The summed E-state index contributed by atoms with van der Waals surface area (Å²) in [6.45, 7) is 6.73. The highest BCUT2D eigenvalue weighted by Gasteiger charge is 2.25. The Morgan fingerprint density at radius 3 is 2.69 bits per heavy atom. The lowest BCUT2D eigenvalue weighted by molar-refractivity contribution is 0.123. The Kier molecular flexibility index (Phi) is 4.05. The van der Waals surface area contributed by atoms with Gasteiger partial charge in [0.2, 0.25) is 0 Å². The fraction of sp³-hybridized carbons (Fsp3) is 0.250. The number of hydrogen-bond donors (Lipinski definition) is 0. The van der Waals surface area contributed by atoms with Crippen LogP contribution >= 0.6 is 0 Å². The number of carbonyl (C=O) groups excluding carboxylic acids is 1. The first-order chi connectivity index (χ1) is 7.72. The van der Waals surface area contributed by atoms with Crippen LogP contribution in [0.3, 0.4) is 0 Å². The summed E-state index contributed by atoms with van der Waals surface area (Å²) in [6, 6.07) is 4.87. The molecule has 86 valence electrons. The zero-order chi connectivity index (χ0) is 12.1. The third-order valence-electron chi connectivity index (χ3n) is 2.36. The van der Waals surface area contributed by atoms with Crippen LogP contribution in [0.2, 0.25) is 0 Å². The van der Waals surface area contributed by atoms with E-state index in [9.17, 15) is 9.18 Å². The predicted molar refractivity (Wildman–Crippen MR) is 59.3 cm³/mol. The first-order valence-electron chi connectivity index (χ1n) is 4.81. The largest absolute Gasteiger partial charge is 0.453 e. The second-order valence-electron chi connectivity index (χ2n) is 3.20. The lowest BCUT2D eigenvalue weighted by atomic mass is 10.1. The molecule has 1 amide bonds. The van der Waals surface area contributed by atoms with Crippen LogP contribution in [0.25, 0.3) is 0 Å². The Labute approximate surface area is 94.1 Å². The van der Waals surface area contributed by atoms with Gasteiger partial charge in [-0.1, -0.05) is 12.1 Å². The maximum atomic E-state index is 13.3. The Hall–Kier alpha value is -1.84. The van der Waals surface area contributed by atoms with Crippen LogP contribution in [0.1, 0.15) is 11.1 Å². The summed E-state index contributed by atoms with van der Waals surface area (Å²) >= 11 is 0. The number of rotatable bonds is 0. The molecule has 1 aliphatic rings. The third kappa shape index (κ3) is 2.21. The van der Waals surface area contributed by atoms with Crippen LogP contribution < -0.4 is 0 Å². The minimum absolute atomic E-state index is 0.256. The number of benzene rings is 1. The number of hydrogen-bond acceptors (Lipinski definition) is 2. The Morgan fingerprint density at radius 2 is 2.12 bits per heavy atom. The van der Waals surface area contributed by atoms with E-state index in [1.165, 1.54) is 18.1 Å². The van der Waals surface area contributed by atoms with Crippen LogP contribution in [0.5, 0.6) is 0 Å².